The maximum Gasteiger partial charge on any atom is 0.335 e. The third-order valence-electron chi connectivity index (χ3n) is 12.6. The molecule has 3 heterocycles. The summed E-state index contributed by atoms with van der Waals surface area (Å²) in [5.41, 5.74) is 5.42. The molecule has 0 aliphatic carbocycles. The monoisotopic (exact) mass is 795 g/mol. The van der Waals surface area contributed by atoms with Crippen LogP contribution in [0.5, 0.6) is 11.5 Å². The van der Waals surface area contributed by atoms with Crippen LogP contribution in [0.15, 0.2) is 126 Å². The number of nitrogens with zero attached hydrogens (tertiary/aromatic N) is 2. The zero-order valence-electron chi connectivity index (χ0n) is 32.9. The molecule has 2 N–H and O–H groups in total. The first-order valence-corrected chi connectivity index (χ1v) is 21.2. The summed E-state index contributed by atoms with van der Waals surface area (Å²) in [5, 5.41) is 20.5. The Morgan fingerprint density at radius 1 is 0.695 bits per heavy atom. The fourth-order valence-electron chi connectivity index (χ4n) is 10.0. The van der Waals surface area contributed by atoms with Crippen molar-refractivity contribution in [1.82, 2.24) is 4.58 Å². The molecule has 0 fully saturated rings. The molecule has 0 aromatic heterocycles. The van der Waals surface area contributed by atoms with E-state index in [9.17, 15) is 22.9 Å². The van der Waals surface area contributed by atoms with Crippen LogP contribution in [-0.2, 0) is 20.9 Å². The SMILES string of the molecule is CC1(C)CN(c2ccc(C(=O)O)cc2)c2c1c1c(c3cc4ccccc4cc23)C=c2c(c3c(c4cc5ccccc5cc24)=[N+](c2ccc(S(=O)(=O)O)cc2)CC3(C)C)O1. The van der Waals surface area contributed by atoms with Gasteiger partial charge in [-0.15, -0.1) is 0 Å². The van der Waals surface area contributed by atoms with Crippen molar-refractivity contribution in [2.45, 2.75) is 43.4 Å². The molecule has 8 nitrogen and oxygen atoms in total. The molecule has 3 aliphatic heterocycles. The second-order valence-corrected chi connectivity index (χ2v) is 18.9. The van der Waals surface area contributed by atoms with Gasteiger partial charge in [0.15, 0.2) is 6.54 Å². The van der Waals surface area contributed by atoms with Crippen molar-refractivity contribution < 1.29 is 27.6 Å². The highest BCUT2D eigenvalue weighted by Crippen LogP contribution is 2.56. The van der Waals surface area contributed by atoms with Crippen LogP contribution >= 0.6 is 0 Å². The van der Waals surface area contributed by atoms with Crippen LogP contribution < -0.4 is 24.8 Å². The van der Waals surface area contributed by atoms with Crippen LogP contribution in [0.1, 0.15) is 54.7 Å². The molecule has 59 heavy (non-hydrogen) atoms. The Bertz CT molecular complexity index is 3460. The van der Waals surface area contributed by atoms with Crippen LogP contribution in [-0.4, -0.2) is 37.1 Å². The van der Waals surface area contributed by atoms with Crippen molar-refractivity contribution in [3.05, 3.63) is 154 Å². The molecule has 290 valence electrons. The number of ether oxygens (including phenoxy) is 1. The average molecular weight is 796 g/mol. The average Bonchev–Trinajstić information content (AvgIpc) is 3.68. The van der Waals surface area contributed by atoms with E-state index in [-0.39, 0.29) is 15.9 Å². The highest BCUT2D eigenvalue weighted by Gasteiger charge is 2.46. The zero-order chi connectivity index (χ0) is 40.7. The predicted octanol–water partition coefficient (Wildman–Crippen LogP) is 9.72. The lowest BCUT2D eigenvalue weighted by Crippen LogP contribution is -2.29. The van der Waals surface area contributed by atoms with E-state index in [4.69, 9.17) is 4.74 Å². The summed E-state index contributed by atoms with van der Waals surface area (Å²) < 4.78 is 43.7. The number of rotatable bonds is 4. The normalized spacial score (nSPS) is 16.2. The third kappa shape index (κ3) is 5.21. The van der Waals surface area contributed by atoms with Gasteiger partial charge in [0, 0.05) is 51.5 Å². The first-order chi connectivity index (χ1) is 28.2. The van der Waals surface area contributed by atoms with Crippen molar-refractivity contribution in [1.29, 1.82) is 0 Å². The van der Waals surface area contributed by atoms with Crippen LogP contribution in [0.25, 0.3) is 49.2 Å². The van der Waals surface area contributed by atoms with Gasteiger partial charge in [-0.3, -0.25) is 4.55 Å². The van der Waals surface area contributed by atoms with Gasteiger partial charge in [0.1, 0.15) is 11.5 Å². The maximum absolute atomic E-state index is 12.0. The summed E-state index contributed by atoms with van der Waals surface area (Å²) in [6.07, 6.45) is 2.34. The topological polar surface area (TPSA) is 107 Å². The van der Waals surface area contributed by atoms with E-state index in [0.717, 1.165) is 98.9 Å². The van der Waals surface area contributed by atoms with Gasteiger partial charge < -0.3 is 14.7 Å². The number of hydrogen-bond donors (Lipinski definition) is 2. The fourth-order valence-corrected chi connectivity index (χ4v) is 10.5. The lowest BCUT2D eigenvalue weighted by molar-refractivity contribution is 0.0697. The van der Waals surface area contributed by atoms with Gasteiger partial charge in [-0.25, -0.2) is 4.79 Å². The quantitative estimate of drug-likeness (QED) is 0.104. The van der Waals surface area contributed by atoms with Crippen molar-refractivity contribution in [2.75, 3.05) is 18.0 Å². The molecule has 0 atom stereocenters. The number of benzene rings is 8. The van der Waals surface area contributed by atoms with Crippen LogP contribution in [0.3, 0.4) is 0 Å². The van der Waals surface area contributed by atoms with Gasteiger partial charge in [0.05, 0.1) is 32.5 Å². The van der Waals surface area contributed by atoms with E-state index < -0.39 is 21.5 Å². The van der Waals surface area contributed by atoms with Crippen molar-refractivity contribution in [3.8, 4) is 11.5 Å². The summed E-state index contributed by atoms with van der Waals surface area (Å²) >= 11 is 0. The lowest BCUT2D eigenvalue weighted by Gasteiger charge is -2.28. The zero-order valence-corrected chi connectivity index (χ0v) is 33.7. The molecular formula is C50H39N2O6S+. The number of fused-ring (bicyclic) bond motifs is 14. The largest absolute Gasteiger partial charge is 0.478 e. The molecule has 0 radical (unpaired) electrons. The molecule has 3 aliphatic rings. The fraction of sp³-hybridized carbons (Fsp3) is 0.160. The van der Waals surface area contributed by atoms with E-state index in [2.05, 4.69) is 116 Å². The van der Waals surface area contributed by atoms with Crippen LogP contribution in [0.2, 0.25) is 0 Å². The van der Waals surface area contributed by atoms with E-state index >= 15 is 0 Å². The minimum Gasteiger partial charge on any atom is -0.478 e. The summed E-state index contributed by atoms with van der Waals surface area (Å²) in [4.78, 5) is 14.0. The van der Waals surface area contributed by atoms with Gasteiger partial charge >= 0.3 is 5.97 Å². The van der Waals surface area contributed by atoms with Crippen molar-refractivity contribution in [3.63, 3.8) is 0 Å². The molecular weight excluding hydrogens is 757 g/mol. The minimum atomic E-state index is -4.37. The maximum atomic E-state index is 12.0. The smallest absolute Gasteiger partial charge is 0.335 e. The van der Waals surface area contributed by atoms with Crippen molar-refractivity contribution in [2.24, 2.45) is 0 Å². The Hall–Kier alpha value is -6.55. The van der Waals surface area contributed by atoms with Gasteiger partial charge in [-0.2, -0.15) is 13.0 Å². The number of carbonyl (C=O) groups is 1. The van der Waals surface area contributed by atoms with Gasteiger partial charge in [-0.1, -0.05) is 62.4 Å². The Morgan fingerprint density at radius 3 is 1.86 bits per heavy atom. The van der Waals surface area contributed by atoms with E-state index in [1.807, 2.05) is 12.1 Å². The summed E-state index contributed by atoms with van der Waals surface area (Å²) in [7, 11) is -4.37. The minimum absolute atomic E-state index is 0.154. The molecule has 0 spiro atoms. The number of carboxylic acid groups (broad SMARTS) is 1. The van der Waals surface area contributed by atoms with E-state index in [0.29, 0.717) is 13.1 Å². The first-order valence-electron chi connectivity index (χ1n) is 19.7. The molecule has 0 amide bonds. The molecule has 9 heteroatoms. The third-order valence-corrected chi connectivity index (χ3v) is 13.5. The van der Waals surface area contributed by atoms with Crippen molar-refractivity contribution >= 4 is 82.3 Å². The first kappa shape index (κ1) is 35.6. The van der Waals surface area contributed by atoms with E-state index in [1.54, 1.807) is 24.3 Å². The summed E-state index contributed by atoms with van der Waals surface area (Å²) in [6.45, 7) is 10.2. The molecule has 8 aromatic rings. The van der Waals surface area contributed by atoms with Crippen LogP contribution in [0.4, 0.5) is 17.1 Å². The second-order valence-electron chi connectivity index (χ2n) is 17.4. The standard InChI is InChI=1S/C50H38N2O6S/c1-49(2)26-51(33-15-13-28(14-16-33)48(53)54)44-38-23-31-11-7-5-9-29(31)21-36(38)40-25-41-37-22-30-10-6-8-12-32(30)24-39(37)45-43(47(41)58-46(40)42(44)49)50(3,4)27-52(45)34-17-19-35(20-18-34)59(55,56)57/h5-25H,26-27H2,1-4H3,(H-,53,54,55,56,57)/p+1. The Labute approximate surface area is 340 Å². The van der Waals surface area contributed by atoms with Gasteiger partial charge in [-0.05, 0) is 113 Å². The van der Waals surface area contributed by atoms with Gasteiger partial charge in [0.2, 0.25) is 11.0 Å². The Morgan fingerprint density at radius 2 is 1.27 bits per heavy atom. The number of aromatic carboxylic acids is 1. The number of anilines is 2. The predicted molar refractivity (Wildman–Crippen MR) is 234 cm³/mol. The molecule has 0 saturated heterocycles. The summed E-state index contributed by atoms with van der Waals surface area (Å²) in [5.74, 6) is 0.663. The highest BCUT2D eigenvalue weighted by atomic mass is 32.2. The number of hydrogen-bond acceptors (Lipinski definition) is 5. The molecule has 0 unspecified atom stereocenters. The molecule has 0 saturated carbocycles. The Kier molecular flexibility index (Phi) is 7.24. The molecule has 8 aromatic carbocycles. The van der Waals surface area contributed by atoms with Crippen LogP contribution in [0, 0.1) is 0 Å². The lowest BCUT2D eigenvalue weighted by atomic mass is 9.80. The second kappa shape index (κ2) is 12.0. The molecule has 11 rings (SSSR count). The van der Waals surface area contributed by atoms with E-state index in [1.165, 1.54) is 12.1 Å². The Balaban J connectivity index is 1.28. The van der Waals surface area contributed by atoms with Gasteiger partial charge in [0.25, 0.3) is 10.1 Å². The number of carboxylic acids is 1. The summed E-state index contributed by atoms with van der Waals surface area (Å²) in [6, 6.07) is 39.4. The highest BCUT2D eigenvalue weighted by molar-refractivity contribution is 7.85. The molecule has 0 bridgehead atoms.